The summed E-state index contributed by atoms with van der Waals surface area (Å²) < 4.78 is 9.38. The number of carbonyl (C=O) groups is 2. The van der Waals surface area contributed by atoms with Crippen molar-refractivity contribution < 1.29 is 19.1 Å². The fourth-order valence-electron chi connectivity index (χ4n) is 1.35. The van der Waals surface area contributed by atoms with E-state index in [2.05, 4.69) is 10.1 Å². The molecule has 0 saturated carbocycles. The van der Waals surface area contributed by atoms with Gasteiger partial charge in [-0.3, -0.25) is 4.79 Å². The molecule has 5 heteroatoms. The molecule has 1 aromatic carbocycles. The minimum Gasteiger partial charge on any atom is -0.468 e. The van der Waals surface area contributed by atoms with Crippen LogP contribution in [0.25, 0.3) is 0 Å². The first-order valence-corrected chi connectivity index (χ1v) is 5.71. The maximum atomic E-state index is 11.4. The van der Waals surface area contributed by atoms with Gasteiger partial charge in [0.05, 0.1) is 25.8 Å². The second kappa shape index (κ2) is 7.45. The summed E-state index contributed by atoms with van der Waals surface area (Å²) in [5.74, 6) is -0.635. The summed E-state index contributed by atoms with van der Waals surface area (Å²) in [5.41, 5.74) is 1.50. The summed E-state index contributed by atoms with van der Waals surface area (Å²) in [5, 5.41) is 2.94. The van der Waals surface area contributed by atoms with Crippen molar-refractivity contribution in [3.05, 3.63) is 35.4 Å². The van der Waals surface area contributed by atoms with Gasteiger partial charge in [-0.1, -0.05) is 12.1 Å². The average molecular weight is 251 g/mol. The highest BCUT2D eigenvalue weighted by molar-refractivity contribution is 5.89. The van der Waals surface area contributed by atoms with Gasteiger partial charge in [0.25, 0.3) is 0 Å². The largest absolute Gasteiger partial charge is 0.468 e. The van der Waals surface area contributed by atoms with Crippen LogP contribution in [0.1, 0.15) is 22.8 Å². The molecule has 1 N–H and O–H groups in total. The van der Waals surface area contributed by atoms with E-state index in [0.717, 1.165) is 5.56 Å². The molecule has 0 aliphatic heterocycles. The van der Waals surface area contributed by atoms with Crippen LogP contribution >= 0.6 is 0 Å². The zero-order valence-electron chi connectivity index (χ0n) is 10.6. The molecule has 0 fully saturated rings. The SMILES string of the molecule is CCOC(=O)c1ccc(CNCC(=O)OC)cc1. The van der Waals surface area contributed by atoms with E-state index in [9.17, 15) is 9.59 Å². The molecule has 0 aliphatic rings. The summed E-state index contributed by atoms with van der Waals surface area (Å²) in [4.78, 5) is 22.3. The number of rotatable bonds is 6. The smallest absolute Gasteiger partial charge is 0.338 e. The second-order valence-corrected chi connectivity index (χ2v) is 3.60. The van der Waals surface area contributed by atoms with Gasteiger partial charge in [-0.25, -0.2) is 4.79 Å². The van der Waals surface area contributed by atoms with Crippen LogP contribution in [0.15, 0.2) is 24.3 Å². The number of carbonyl (C=O) groups excluding carboxylic acids is 2. The molecule has 0 saturated heterocycles. The Labute approximate surface area is 106 Å². The van der Waals surface area contributed by atoms with Crippen LogP contribution in [-0.2, 0) is 20.8 Å². The second-order valence-electron chi connectivity index (χ2n) is 3.60. The molecule has 0 amide bonds. The molecule has 0 spiro atoms. The van der Waals surface area contributed by atoms with Crippen molar-refractivity contribution in [2.75, 3.05) is 20.3 Å². The minimum atomic E-state index is -0.327. The highest BCUT2D eigenvalue weighted by atomic mass is 16.5. The van der Waals surface area contributed by atoms with E-state index in [4.69, 9.17) is 4.74 Å². The van der Waals surface area contributed by atoms with Crippen molar-refractivity contribution in [3.8, 4) is 0 Å². The monoisotopic (exact) mass is 251 g/mol. The molecule has 1 aromatic rings. The third-order valence-electron chi connectivity index (χ3n) is 2.29. The van der Waals surface area contributed by atoms with Crippen LogP contribution in [0, 0.1) is 0 Å². The molecule has 1 rings (SSSR count). The predicted octanol–water partition coefficient (Wildman–Crippen LogP) is 1.13. The molecule has 0 atom stereocenters. The van der Waals surface area contributed by atoms with Gasteiger partial charge in [0, 0.05) is 6.54 Å². The Bertz CT molecular complexity index is 400. The maximum Gasteiger partial charge on any atom is 0.338 e. The van der Waals surface area contributed by atoms with Gasteiger partial charge in [0.15, 0.2) is 0 Å². The molecule has 5 nitrogen and oxygen atoms in total. The van der Waals surface area contributed by atoms with Crippen LogP contribution < -0.4 is 5.32 Å². The van der Waals surface area contributed by atoms with E-state index in [1.807, 2.05) is 12.1 Å². The zero-order valence-corrected chi connectivity index (χ0v) is 10.6. The Morgan fingerprint density at radius 2 is 1.89 bits per heavy atom. The third kappa shape index (κ3) is 4.55. The van der Waals surface area contributed by atoms with Crippen molar-refractivity contribution in [3.63, 3.8) is 0 Å². The quantitative estimate of drug-likeness (QED) is 0.768. The fraction of sp³-hybridized carbons (Fsp3) is 0.385. The molecule has 0 unspecified atom stereocenters. The third-order valence-corrected chi connectivity index (χ3v) is 2.29. The first kappa shape index (κ1) is 14.2. The highest BCUT2D eigenvalue weighted by Crippen LogP contribution is 2.05. The molecule has 0 aliphatic carbocycles. The van der Waals surface area contributed by atoms with E-state index in [1.165, 1.54) is 7.11 Å². The van der Waals surface area contributed by atoms with Crippen LogP contribution in [0.2, 0.25) is 0 Å². The van der Waals surface area contributed by atoms with Gasteiger partial charge in [-0.2, -0.15) is 0 Å². The number of hydrogen-bond acceptors (Lipinski definition) is 5. The molecule has 0 aromatic heterocycles. The Hall–Kier alpha value is -1.88. The van der Waals surface area contributed by atoms with Crippen molar-refractivity contribution in [2.45, 2.75) is 13.5 Å². The fourth-order valence-corrected chi connectivity index (χ4v) is 1.35. The van der Waals surface area contributed by atoms with E-state index in [1.54, 1.807) is 19.1 Å². The molecular formula is C13H17NO4. The molecule has 0 heterocycles. The van der Waals surface area contributed by atoms with Crippen LogP contribution in [0.5, 0.6) is 0 Å². The Balaban J connectivity index is 2.45. The molecule has 18 heavy (non-hydrogen) atoms. The van der Waals surface area contributed by atoms with E-state index >= 15 is 0 Å². The summed E-state index contributed by atoms with van der Waals surface area (Å²) in [6.07, 6.45) is 0. The van der Waals surface area contributed by atoms with E-state index in [0.29, 0.717) is 18.7 Å². The normalized spacial score (nSPS) is 9.89. The van der Waals surface area contributed by atoms with Crippen LogP contribution in [-0.4, -0.2) is 32.2 Å². The summed E-state index contributed by atoms with van der Waals surface area (Å²) in [6.45, 7) is 2.83. The lowest BCUT2D eigenvalue weighted by atomic mass is 10.1. The summed E-state index contributed by atoms with van der Waals surface area (Å²) in [7, 11) is 1.35. The van der Waals surface area contributed by atoms with Gasteiger partial charge in [-0.15, -0.1) is 0 Å². The molecule has 0 radical (unpaired) electrons. The van der Waals surface area contributed by atoms with Gasteiger partial charge >= 0.3 is 11.9 Å². The van der Waals surface area contributed by atoms with Crippen molar-refractivity contribution >= 4 is 11.9 Å². The first-order valence-electron chi connectivity index (χ1n) is 5.71. The standard InChI is InChI=1S/C13H17NO4/c1-3-18-13(16)11-6-4-10(5-7-11)8-14-9-12(15)17-2/h4-7,14H,3,8-9H2,1-2H3. The van der Waals surface area contributed by atoms with Crippen molar-refractivity contribution in [1.29, 1.82) is 0 Å². The van der Waals surface area contributed by atoms with Gasteiger partial charge in [0.2, 0.25) is 0 Å². The summed E-state index contributed by atoms with van der Waals surface area (Å²) >= 11 is 0. The van der Waals surface area contributed by atoms with Crippen molar-refractivity contribution in [2.24, 2.45) is 0 Å². The van der Waals surface area contributed by atoms with E-state index in [-0.39, 0.29) is 18.5 Å². The van der Waals surface area contributed by atoms with E-state index < -0.39 is 0 Å². The Morgan fingerprint density at radius 3 is 2.44 bits per heavy atom. The lowest BCUT2D eigenvalue weighted by Crippen LogP contribution is -2.23. The minimum absolute atomic E-state index is 0.163. The zero-order chi connectivity index (χ0) is 13.4. The maximum absolute atomic E-state index is 11.4. The van der Waals surface area contributed by atoms with Gasteiger partial charge < -0.3 is 14.8 Å². The van der Waals surface area contributed by atoms with Crippen LogP contribution in [0.3, 0.4) is 0 Å². The van der Waals surface area contributed by atoms with Crippen molar-refractivity contribution in [1.82, 2.24) is 5.32 Å². The number of esters is 2. The number of ether oxygens (including phenoxy) is 2. The molecular weight excluding hydrogens is 234 g/mol. The predicted molar refractivity (Wildman–Crippen MR) is 66.1 cm³/mol. The molecule has 0 bridgehead atoms. The lowest BCUT2D eigenvalue weighted by Gasteiger charge is -2.05. The van der Waals surface area contributed by atoms with Gasteiger partial charge in [0.1, 0.15) is 0 Å². The Kier molecular flexibility index (Phi) is 5.87. The number of methoxy groups -OCH3 is 1. The summed E-state index contributed by atoms with van der Waals surface area (Å²) in [6, 6.07) is 7.04. The van der Waals surface area contributed by atoms with Gasteiger partial charge in [-0.05, 0) is 24.6 Å². The number of nitrogens with one attached hydrogen (secondary N) is 1. The highest BCUT2D eigenvalue weighted by Gasteiger charge is 2.05. The average Bonchev–Trinajstić information content (AvgIpc) is 2.39. The number of hydrogen-bond donors (Lipinski definition) is 1. The number of benzene rings is 1. The Morgan fingerprint density at radius 1 is 1.22 bits per heavy atom. The first-order chi connectivity index (χ1) is 8.67. The lowest BCUT2D eigenvalue weighted by molar-refractivity contribution is -0.139. The molecule has 98 valence electrons. The van der Waals surface area contributed by atoms with Crippen LogP contribution in [0.4, 0.5) is 0 Å². The topological polar surface area (TPSA) is 64.6 Å².